The Bertz CT molecular complexity index is 472. The van der Waals surface area contributed by atoms with E-state index in [1.54, 1.807) is 18.1 Å². The van der Waals surface area contributed by atoms with Gasteiger partial charge in [0.15, 0.2) is 0 Å². The molecule has 20 heavy (non-hydrogen) atoms. The maximum atomic E-state index is 13.2. The summed E-state index contributed by atoms with van der Waals surface area (Å²) in [5.41, 5.74) is 1.23. The minimum absolute atomic E-state index is 0.0877. The molecular formula is C15H20FNO3. The van der Waals surface area contributed by atoms with Crippen LogP contribution < -0.4 is 0 Å². The lowest BCUT2D eigenvalue weighted by Gasteiger charge is -2.39. The number of methoxy groups -OCH3 is 1. The number of ether oxygens (including phenoxy) is 2. The van der Waals surface area contributed by atoms with Crippen LogP contribution in [0, 0.1) is 12.7 Å². The molecule has 1 aliphatic rings. The summed E-state index contributed by atoms with van der Waals surface area (Å²) in [5.74, 6) is -0.509. The van der Waals surface area contributed by atoms with Crippen molar-refractivity contribution in [3.8, 4) is 0 Å². The van der Waals surface area contributed by atoms with E-state index in [1.807, 2.05) is 6.92 Å². The minimum Gasteiger partial charge on any atom is -0.385 e. The molecule has 0 N–H and O–H groups in total. The van der Waals surface area contributed by atoms with Gasteiger partial charge in [-0.15, -0.1) is 0 Å². The fourth-order valence-corrected chi connectivity index (χ4v) is 2.16. The van der Waals surface area contributed by atoms with Crippen molar-refractivity contribution in [3.05, 3.63) is 35.1 Å². The van der Waals surface area contributed by atoms with Crippen LogP contribution in [0.3, 0.4) is 0 Å². The lowest BCUT2D eigenvalue weighted by molar-refractivity contribution is -0.0465. The van der Waals surface area contributed by atoms with Gasteiger partial charge in [-0.05, 0) is 31.0 Å². The molecular weight excluding hydrogens is 261 g/mol. The first-order valence-electron chi connectivity index (χ1n) is 6.77. The smallest absolute Gasteiger partial charge is 0.254 e. The second kappa shape index (κ2) is 6.81. The standard InChI is InChI=1S/C15H20FNO3/c1-11-4-5-12(16)8-14(11)15(18)17-9-13(10-17)20-7-3-6-19-2/h4-5,8,13H,3,6-7,9-10H2,1-2H3. The zero-order valence-corrected chi connectivity index (χ0v) is 11.9. The highest BCUT2D eigenvalue weighted by Crippen LogP contribution is 2.19. The highest BCUT2D eigenvalue weighted by atomic mass is 19.1. The normalized spacial score (nSPS) is 15.2. The summed E-state index contributed by atoms with van der Waals surface area (Å²) in [5, 5.41) is 0. The first-order chi connectivity index (χ1) is 9.61. The molecule has 110 valence electrons. The molecule has 5 heteroatoms. The van der Waals surface area contributed by atoms with E-state index in [-0.39, 0.29) is 17.8 Å². The number of nitrogens with zero attached hydrogens (tertiary/aromatic N) is 1. The van der Waals surface area contributed by atoms with Gasteiger partial charge in [0.2, 0.25) is 0 Å². The third-order valence-electron chi connectivity index (χ3n) is 3.41. The Morgan fingerprint density at radius 2 is 2.15 bits per heavy atom. The SMILES string of the molecule is COCCCOC1CN(C(=O)c2cc(F)ccc2C)C1. The summed E-state index contributed by atoms with van der Waals surface area (Å²) < 4.78 is 23.7. The summed E-state index contributed by atoms with van der Waals surface area (Å²) in [6, 6.07) is 4.29. The van der Waals surface area contributed by atoms with E-state index in [9.17, 15) is 9.18 Å². The number of halogens is 1. The Balaban J connectivity index is 1.80. The quantitative estimate of drug-likeness (QED) is 0.749. The number of hydrogen-bond donors (Lipinski definition) is 0. The highest BCUT2D eigenvalue weighted by Gasteiger charge is 2.32. The van der Waals surface area contributed by atoms with Crippen molar-refractivity contribution in [2.24, 2.45) is 0 Å². The predicted molar refractivity (Wildman–Crippen MR) is 73.3 cm³/mol. The van der Waals surface area contributed by atoms with Crippen LogP contribution in [0.4, 0.5) is 4.39 Å². The van der Waals surface area contributed by atoms with E-state index in [4.69, 9.17) is 9.47 Å². The first-order valence-corrected chi connectivity index (χ1v) is 6.77. The molecule has 0 radical (unpaired) electrons. The van der Waals surface area contributed by atoms with Crippen molar-refractivity contribution >= 4 is 5.91 Å². The van der Waals surface area contributed by atoms with Crippen LogP contribution in [0.5, 0.6) is 0 Å². The second-order valence-corrected chi connectivity index (χ2v) is 5.01. The number of amides is 1. The average molecular weight is 281 g/mol. The molecule has 0 unspecified atom stereocenters. The number of rotatable bonds is 6. The Morgan fingerprint density at radius 1 is 1.40 bits per heavy atom. The fourth-order valence-electron chi connectivity index (χ4n) is 2.16. The van der Waals surface area contributed by atoms with Gasteiger partial charge in [0.25, 0.3) is 5.91 Å². The molecule has 1 aliphatic heterocycles. The molecule has 1 saturated heterocycles. The highest BCUT2D eigenvalue weighted by molar-refractivity contribution is 5.96. The van der Waals surface area contributed by atoms with Gasteiger partial charge in [-0.2, -0.15) is 0 Å². The summed E-state index contributed by atoms with van der Waals surface area (Å²) in [7, 11) is 1.66. The van der Waals surface area contributed by atoms with Gasteiger partial charge in [-0.25, -0.2) is 4.39 Å². The molecule has 0 spiro atoms. The van der Waals surface area contributed by atoms with Crippen LogP contribution >= 0.6 is 0 Å². The zero-order valence-electron chi connectivity index (χ0n) is 11.9. The van der Waals surface area contributed by atoms with Crippen LogP contribution in [0.15, 0.2) is 18.2 Å². The molecule has 0 aliphatic carbocycles. The molecule has 4 nitrogen and oxygen atoms in total. The topological polar surface area (TPSA) is 38.8 Å². The molecule has 1 heterocycles. The third kappa shape index (κ3) is 3.55. The van der Waals surface area contributed by atoms with Crippen LogP contribution in [-0.4, -0.2) is 50.3 Å². The zero-order chi connectivity index (χ0) is 14.5. The van der Waals surface area contributed by atoms with Crippen molar-refractivity contribution < 1.29 is 18.7 Å². The Morgan fingerprint density at radius 3 is 2.85 bits per heavy atom. The van der Waals surface area contributed by atoms with Gasteiger partial charge in [-0.1, -0.05) is 6.07 Å². The van der Waals surface area contributed by atoms with Crippen molar-refractivity contribution in [2.75, 3.05) is 33.4 Å². The number of hydrogen-bond acceptors (Lipinski definition) is 3. The second-order valence-electron chi connectivity index (χ2n) is 5.01. The monoisotopic (exact) mass is 281 g/mol. The maximum Gasteiger partial charge on any atom is 0.254 e. The van der Waals surface area contributed by atoms with E-state index in [0.717, 1.165) is 12.0 Å². The summed E-state index contributed by atoms with van der Waals surface area (Å²) in [6.45, 7) is 4.27. The summed E-state index contributed by atoms with van der Waals surface area (Å²) in [4.78, 5) is 13.9. The van der Waals surface area contributed by atoms with Gasteiger partial charge in [0.05, 0.1) is 6.10 Å². The van der Waals surface area contributed by atoms with E-state index < -0.39 is 0 Å². The van der Waals surface area contributed by atoms with Crippen molar-refractivity contribution in [1.29, 1.82) is 0 Å². The molecule has 1 aromatic rings. The molecule has 0 saturated carbocycles. The minimum atomic E-state index is -0.383. The average Bonchev–Trinajstić information content (AvgIpc) is 2.38. The van der Waals surface area contributed by atoms with Crippen LogP contribution in [0.1, 0.15) is 22.3 Å². The van der Waals surface area contributed by atoms with Crippen LogP contribution in [0.25, 0.3) is 0 Å². The predicted octanol–water partition coefficient (Wildman–Crippen LogP) is 2.01. The first kappa shape index (κ1) is 14.9. The van der Waals surface area contributed by atoms with E-state index >= 15 is 0 Å². The lowest BCUT2D eigenvalue weighted by Crippen LogP contribution is -2.55. The third-order valence-corrected chi connectivity index (χ3v) is 3.41. The number of likely N-dealkylation sites (tertiary alicyclic amines) is 1. The molecule has 1 aromatic carbocycles. The molecule has 0 bridgehead atoms. The Kier molecular flexibility index (Phi) is 5.09. The van der Waals surface area contributed by atoms with Gasteiger partial charge < -0.3 is 14.4 Å². The summed E-state index contributed by atoms with van der Waals surface area (Å²) >= 11 is 0. The van der Waals surface area contributed by atoms with E-state index in [1.165, 1.54) is 12.1 Å². The number of carbonyl (C=O) groups excluding carboxylic acids is 1. The van der Waals surface area contributed by atoms with Gasteiger partial charge >= 0.3 is 0 Å². The Hall–Kier alpha value is -1.46. The molecule has 1 fully saturated rings. The molecule has 0 aromatic heterocycles. The van der Waals surface area contributed by atoms with Crippen LogP contribution in [-0.2, 0) is 9.47 Å². The fraction of sp³-hybridized carbons (Fsp3) is 0.533. The van der Waals surface area contributed by atoms with Gasteiger partial charge in [0, 0.05) is 39.0 Å². The largest absolute Gasteiger partial charge is 0.385 e. The number of carbonyl (C=O) groups is 1. The van der Waals surface area contributed by atoms with E-state index in [2.05, 4.69) is 0 Å². The van der Waals surface area contributed by atoms with Crippen LogP contribution in [0.2, 0.25) is 0 Å². The maximum absolute atomic E-state index is 13.2. The van der Waals surface area contributed by atoms with Crippen molar-refractivity contribution in [1.82, 2.24) is 4.90 Å². The van der Waals surface area contributed by atoms with Crippen molar-refractivity contribution in [3.63, 3.8) is 0 Å². The van der Waals surface area contributed by atoms with Gasteiger partial charge in [-0.3, -0.25) is 4.79 Å². The lowest BCUT2D eigenvalue weighted by atomic mass is 10.0. The molecule has 1 amide bonds. The summed E-state index contributed by atoms with van der Waals surface area (Å²) in [6.07, 6.45) is 0.939. The number of aryl methyl sites for hydroxylation is 1. The molecule has 2 rings (SSSR count). The van der Waals surface area contributed by atoms with Gasteiger partial charge in [0.1, 0.15) is 5.82 Å². The Labute approximate surface area is 118 Å². The molecule has 0 atom stereocenters. The van der Waals surface area contributed by atoms with Crippen molar-refractivity contribution in [2.45, 2.75) is 19.4 Å². The van der Waals surface area contributed by atoms with E-state index in [0.29, 0.717) is 31.9 Å². The number of benzene rings is 1.